The molecule has 0 saturated heterocycles. The van der Waals surface area contributed by atoms with Gasteiger partial charge in [0.15, 0.2) is 0 Å². The summed E-state index contributed by atoms with van der Waals surface area (Å²) in [7, 11) is 0. The minimum atomic E-state index is 0.614. The van der Waals surface area contributed by atoms with Crippen LogP contribution in [0, 0.1) is 13.8 Å². The summed E-state index contributed by atoms with van der Waals surface area (Å²) < 4.78 is 0. The van der Waals surface area contributed by atoms with Gasteiger partial charge in [-0.2, -0.15) is 0 Å². The molecule has 0 fully saturated rings. The molecule has 6 heteroatoms. The molecule has 0 spiro atoms. The van der Waals surface area contributed by atoms with E-state index in [4.69, 9.17) is 5.84 Å². The number of aryl methyl sites for hydroxylation is 2. The molecule has 2 aromatic heterocycles. The third-order valence-electron chi connectivity index (χ3n) is 2.98. The maximum atomic E-state index is 5.43. The highest BCUT2D eigenvalue weighted by atomic mass is 15.3. The number of hydrogen-bond donors (Lipinski definition) is 2. The van der Waals surface area contributed by atoms with E-state index in [-0.39, 0.29) is 0 Å². The molecule has 2 heterocycles. The molecule has 0 bridgehead atoms. The molecule has 0 aliphatic carbocycles. The standard InChI is InChI=1S/C14H20N6/c1-4-20(9-12-7-5-6-10(2)16-12)14-8-13(19-15)17-11(3)18-14/h5-8H,4,9,15H2,1-3H3,(H,17,18,19). The van der Waals surface area contributed by atoms with Gasteiger partial charge in [-0.05, 0) is 32.9 Å². The number of rotatable bonds is 5. The molecule has 106 valence electrons. The zero-order chi connectivity index (χ0) is 14.5. The predicted molar refractivity (Wildman–Crippen MR) is 80.3 cm³/mol. The SMILES string of the molecule is CCN(Cc1cccc(C)n1)c1cc(NN)nc(C)n1. The fourth-order valence-corrected chi connectivity index (χ4v) is 2.03. The molecule has 0 aliphatic rings. The van der Waals surface area contributed by atoms with Gasteiger partial charge in [0.25, 0.3) is 0 Å². The van der Waals surface area contributed by atoms with E-state index in [1.807, 2.05) is 38.1 Å². The Labute approximate surface area is 119 Å². The van der Waals surface area contributed by atoms with Crippen molar-refractivity contribution in [3.63, 3.8) is 0 Å². The summed E-state index contributed by atoms with van der Waals surface area (Å²) in [5.41, 5.74) is 4.60. The summed E-state index contributed by atoms with van der Waals surface area (Å²) in [5, 5.41) is 0. The summed E-state index contributed by atoms with van der Waals surface area (Å²) in [6.45, 7) is 7.46. The van der Waals surface area contributed by atoms with Gasteiger partial charge in [-0.15, -0.1) is 0 Å². The van der Waals surface area contributed by atoms with E-state index in [9.17, 15) is 0 Å². The fourth-order valence-electron chi connectivity index (χ4n) is 2.03. The van der Waals surface area contributed by atoms with Crippen LogP contribution in [0.1, 0.15) is 24.1 Å². The van der Waals surface area contributed by atoms with E-state index >= 15 is 0 Å². The van der Waals surface area contributed by atoms with Crippen molar-refractivity contribution in [1.29, 1.82) is 0 Å². The van der Waals surface area contributed by atoms with Gasteiger partial charge in [-0.3, -0.25) is 4.98 Å². The number of pyridine rings is 1. The van der Waals surface area contributed by atoms with Crippen molar-refractivity contribution >= 4 is 11.6 Å². The number of nitrogens with one attached hydrogen (secondary N) is 1. The first-order valence-electron chi connectivity index (χ1n) is 6.62. The van der Waals surface area contributed by atoms with Gasteiger partial charge in [-0.25, -0.2) is 15.8 Å². The zero-order valence-electron chi connectivity index (χ0n) is 12.1. The van der Waals surface area contributed by atoms with Crippen molar-refractivity contribution in [2.75, 3.05) is 16.9 Å². The van der Waals surface area contributed by atoms with Crippen LogP contribution in [0.4, 0.5) is 11.6 Å². The van der Waals surface area contributed by atoms with Gasteiger partial charge >= 0.3 is 0 Å². The predicted octanol–water partition coefficient (Wildman–Crippen LogP) is 1.80. The first-order valence-corrected chi connectivity index (χ1v) is 6.62. The van der Waals surface area contributed by atoms with Crippen molar-refractivity contribution in [1.82, 2.24) is 15.0 Å². The van der Waals surface area contributed by atoms with E-state index in [1.165, 1.54) is 0 Å². The molecular weight excluding hydrogens is 252 g/mol. The molecule has 0 amide bonds. The summed E-state index contributed by atoms with van der Waals surface area (Å²) >= 11 is 0. The van der Waals surface area contributed by atoms with Crippen LogP contribution in [-0.4, -0.2) is 21.5 Å². The molecule has 3 N–H and O–H groups in total. The fraction of sp³-hybridized carbons (Fsp3) is 0.357. The largest absolute Gasteiger partial charge is 0.351 e. The highest BCUT2D eigenvalue weighted by Crippen LogP contribution is 2.17. The van der Waals surface area contributed by atoms with Crippen LogP contribution >= 0.6 is 0 Å². The van der Waals surface area contributed by atoms with Crippen molar-refractivity contribution < 1.29 is 0 Å². The van der Waals surface area contributed by atoms with Crippen molar-refractivity contribution in [2.24, 2.45) is 5.84 Å². The molecule has 2 aromatic rings. The minimum absolute atomic E-state index is 0.614. The van der Waals surface area contributed by atoms with E-state index < -0.39 is 0 Å². The number of hydrazine groups is 1. The number of nitrogens with two attached hydrogens (primary N) is 1. The van der Waals surface area contributed by atoms with Crippen LogP contribution in [0.3, 0.4) is 0 Å². The van der Waals surface area contributed by atoms with Crippen molar-refractivity contribution in [3.05, 3.63) is 41.5 Å². The highest BCUT2D eigenvalue weighted by Gasteiger charge is 2.10. The topological polar surface area (TPSA) is 80.0 Å². The van der Waals surface area contributed by atoms with Crippen molar-refractivity contribution in [2.45, 2.75) is 27.3 Å². The third kappa shape index (κ3) is 3.42. The van der Waals surface area contributed by atoms with Crippen LogP contribution in [0.15, 0.2) is 24.3 Å². The highest BCUT2D eigenvalue weighted by molar-refractivity contribution is 5.48. The van der Waals surface area contributed by atoms with E-state index in [0.29, 0.717) is 18.2 Å². The second kappa shape index (κ2) is 6.29. The average Bonchev–Trinajstić information content (AvgIpc) is 2.44. The van der Waals surface area contributed by atoms with Gasteiger partial charge in [-0.1, -0.05) is 6.07 Å². The van der Waals surface area contributed by atoms with Gasteiger partial charge in [0.05, 0.1) is 12.2 Å². The lowest BCUT2D eigenvalue weighted by molar-refractivity contribution is 0.783. The number of nitrogens with zero attached hydrogens (tertiary/aromatic N) is 4. The number of anilines is 2. The molecule has 2 rings (SSSR count). The molecule has 0 aliphatic heterocycles. The Bertz CT molecular complexity index is 584. The maximum Gasteiger partial charge on any atom is 0.145 e. The number of nitrogen functional groups attached to an aromatic ring is 1. The molecule has 6 nitrogen and oxygen atoms in total. The molecule has 20 heavy (non-hydrogen) atoms. The Balaban J connectivity index is 2.26. The Hall–Kier alpha value is -2.21. The minimum Gasteiger partial charge on any atom is -0.351 e. The summed E-state index contributed by atoms with van der Waals surface area (Å²) in [5.74, 6) is 7.57. The quantitative estimate of drug-likeness (QED) is 0.638. The molecule has 0 unspecified atom stereocenters. The summed E-state index contributed by atoms with van der Waals surface area (Å²) in [6, 6.07) is 7.87. The lowest BCUT2D eigenvalue weighted by atomic mass is 10.3. The Morgan fingerprint density at radius 2 is 2.00 bits per heavy atom. The third-order valence-corrected chi connectivity index (χ3v) is 2.98. The molecule has 0 saturated carbocycles. The normalized spacial score (nSPS) is 10.4. The number of aromatic nitrogens is 3. The first kappa shape index (κ1) is 14.2. The second-order valence-corrected chi connectivity index (χ2v) is 4.59. The monoisotopic (exact) mass is 272 g/mol. The van der Waals surface area contributed by atoms with E-state index in [0.717, 1.165) is 23.8 Å². The van der Waals surface area contributed by atoms with Gasteiger partial charge in [0.1, 0.15) is 17.5 Å². The van der Waals surface area contributed by atoms with Crippen LogP contribution in [0.5, 0.6) is 0 Å². The van der Waals surface area contributed by atoms with Crippen LogP contribution in [0.25, 0.3) is 0 Å². The Morgan fingerprint density at radius 1 is 1.20 bits per heavy atom. The lowest BCUT2D eigenvalue weighted by Gasteiger charge is -2.22. The van der Waals surface area contributed by atoms with Gasteiger partial charge < -0.3 is 10.3 Å². The first-order chi connectivity index (χ1) is 9.62. The van der Waals surface area contributed by atoms with E-state index in [1.54, 1.807) is 0 Å². The Morgan fingerprint density at radius 3 is 2.65 bits per heavy atom. The Kier molecular flexibility index (Phi) is 4.47. The molecule has 0 radical (unpaired) electrons. The summed E-state index contributed by atoms with van der Waals surface area (Å²) in [4.78, 5) is 15.3. The second-order valence-electron chi connectivity index (χ2n) is 4.59. The smallest absolute Gasteiger partial charge is 0.145 e. The molecule has 0 aromatic carbocycles. The molecular formula is C14H20N6. The van der Waals surface area contributed by atoms with Crippen LogP contribution in [0.2, 0.25) is 0 Å². The molecule has 0 atom stereocenters. The van der Waals surface area contributed by atoms with Crippen molar-refractivity contribution in [3.8, 4) is 0 Å². The number of hydrogen-bond acceptors (Lipinski definition) is 6. The average molecular weight is 272 g/mol. The zero-order valence-corrected chi connectivity index (χ0v) is 12.1. The maximum absolute atomic E-state index is 5.43. The van der Waals surface area contributed by atoms with Crippen LogP contribution in [-0.2, 0) is 6.54 Å². The summed E-state index contributed by atoms with van der Waals surface area (Å²) in [6.07, 6.45) is 0. The van der Waals surface area contributed by atoms with E-state index in [2.05, 4.69) is 32.2 Å². The lowest BCUT2D eigenvalue weighted by Crippen LogP contribution is -2.24. The van der Waals surface area contributed by atoms with Gasteiger partial charge in [0.2, 0.25) is 0 Å². The van der Waals surface area contributed by atoms with Crippen LogP contribution < -0.4 is 16.2 Å². The van der Waals surface area contributed by atoms with Gasteiger partial charge in [0, 0.05) is 18.3 Å².